The van der Waals surface area contributed by atoms with Gasteiger partial charge in [0.25, 0.3) is 0 Å². The number of imidazole rings is 9. The lowest BCUT2D eigenvalue weighted by molar-refractivity contribution is 0.412. The first kappa shape index (κ1) is 83.4. The first-order chi connectivity index (χ1) is 60.0. The van der Waals surface area contributed by atoms with Crippen LogP contribution in [0.1, 0.15) is 135 Å². The topological polar surface area (TPSA) is 163 Å². The van der Waals surface area contributed by atoms with Gasteiger partial charge in [0.1, 0.15) is 28.9 Å². The third-order valence-electron chi connectivity index (χ3n) is 26.1. The van der Waals surface area contributed by atoms with E-state index in [0.29, 0.717) is 23.7 Å². The second kappa shape index (κ2) is 32.5. The maximum atomic E-state index is 5.51. The summed E-state index contributed by atoms with van der Waals surface area (Å²) in [6.45, 7) is 31.0. The van der Waals surface area contributed by atoms with Crippen molar-refractivity contribution in [3.8, 4) is 40.0 Å². The molecule has 0 aliphatic heterocycles. The van der Waals surface area contributed by atoms with Gasteiger partial charge in [-0.3, -0.25) is 13.2 Å². The molecule has 12 aromatic heterocycles. The molecule has 0 amide bonds. The third kappa shape index (κ3) is 13.5. The van der Waals surface area contributed by atoms with E-state index in [4.69, 9.17) is 24.2 Å². The van der Waals surface area contributed by atoms with Gasteiger partial charge in [0, 0.05) is 178 Å². The van der Waals surface area contributed by atoms with Crippen molar-refractivity contribution < 1.29 is 14.2 Å². The number of methoxy groups -OCH3 is 3. The molecule has 0 aliphatic carbocycles. The van der Waals surface area contributed by atoms with E-state index in [1.807, 2.05) is 75.8 Å². The van der Waals surface area contributed by atoms with E-state index in [9.17, 15) is 0 Å². The Morgan fingerprint density at radius 2 is 0.672 bits per heavy atom. The largest absolute Gasteiger partial charge is 0.496 e. The van der Waals surface area contributed by atoms with Gasteiger partial charge in [-0.2, -0.15) is 0 Å². The standard InChI is InChI=1S/C28H31N3.C22H28N2O.C18H16N4.C13H13N5.C12H13N3O.C11H13NO/c1-16(2)19-12-10-13-20(17(3)4)25(19)28-29-23-15-22-21-11-8-9-14-24(21)30(6)26(22)18(5)27(23)31(28)7;1-13(2)16-9-8-10-17(14(3)4)20(16)22-23-18-11-12-19(25-7)15(5)21(18)24(22)6;1-11-16-13(12-6-4-5-7-14(12)20(16)2)10-15-17(11)21(3)18-19-8-9-22(15)18;1-8-11-9(15-7-16(11)2)6-10-12(8)17(3)13-14-4-5-18(10)13;1-8-10(16-3)5-4-9-11(8)14(2)12-13-6-7-15(9)12;1-8-10(13-3)5-4-9-6-7-12(2)11(8)9/h8-17H,1-7H3;8-14H,1-7H3;4-10H,1-3H3;4-7H,1-3H3;4-7H,1-3H3;4-7H,1-3H3. The highest BCUT2D eigenvalue weighted by Gasteiger charge is 2.27. The first-order valence-corrected chi connectivity index (χ1v) is 43.1. The van der Waals surface area contributed by atoms with Crippen molar-refractivity contribution in [2.24, 2.45) is 63.4 Å². The van der Waals surface area contributed by atoms with Gasteiger partial charge in [-0.05, 0) is 171 Å². The smallest absolute Gasteiger partial charge is 0.214 e. The summed E-state index contributed by atoms with van der Waals surface area (Å²) in [5.74, 6) is 9.56. The molecule has 21 heteroatoms. The van der Waals surface area contributed by atoms with Gasteiger partial charge in [-0.1, -0.05) is 128 Å². The number of aryl methyl sites for hydroxylation is 15. The number of fused-ring (bicyclic) bond motifs is 19. The molecule has 22 rings (SSSR count). The number of hydrogen-bond donors (Lipinski definition) is 0. The maximum Gasteiger partial charge on any atom is 0.214 e. The second-order valence-corrected chi connectivity index (χ2v) is 34.8. The number of aromatic nitrogens is 18. The van der Waals surface area contributed by atoms with Gasteiger partial charge in [-0.15, -0.1) is 0 Å². The van der Waals surface area contributed by atoms with Gasteiger partial charge < -0.3 is 55.3 Å². The second-order valence-electron chi connectivity index (χ2n) is 34.8. The molecule has 0 radical (unpaired) electrons. The number of hydrogen-bond acceptors (Lipinski definition) is 9. The molecule has 638 valence electrons. The zero-order valence-corrected chi connectivity index (χ0v) is 77.1. The van der Waals surface area contributed by atoms with Crippen LogP contribution in [0.5, 0.6) is 17.2 Å². The van der Waals surface area contributed by atoms with Gasteiger partial charge in [0.15, 0.2) is 0 Å². The van der Waals surface area contributed by atoms with Gasteiger partial charge in [-0.25, -0.2) is 29.9 Å². The minimum atomic E-state index is 0.442. The fourth-order valence-electron chi connectivity index (χ4n) is 20.2. The van der Waals surface area contributed by atoms with Gasteiger partial charge >= 0.3 is 0 Å². The van der Waals surface area contributed by atoms with E-state index >= 15 is 0 Å². The molecule has 0 fully saturated rings. The van der Waals surface area contributed by atoms with E-state index in [-0.39, 0.29) is 0 Å². The molecule has 22 aromatic rings. The SMILES string of the molecule is COc1ccc2c(c1C)n(C)c1nccn21.COc1ccc2ccn(C)c2c1C.COc1ccc2nc(-c3c(C(C)C)cccc3C(C)C)n(C)c2c1C.Cc1c2c(cc3c1n(C)c1nccn31)c1ccccc1n2C.Cc1c2c(cc3c1n(C)c1nccn31)ncn2C.Cc1c2c(cc3c4ccccc4n(C)c13)nc(-c1c(C(C)C)cccc1C(C)C)n2C. The molecule has 10 aromatic carbocycles. The zero-order valence-electron chi connectivity index (χ0n) is 77.1. The van der Waals surface area contributed by atoms with Crippen LogP contribution < -0.4 is 14.2 Å². The summed E-state index contributed by atoms with van der Waals surface area (Å²) in [6.07, 6.45) is 15.4. The molecule has 0 spiro atoms. The van der Waals surface area contributed by atoms with E-state index in [1.165, 1.54) is 143 Å². The number of nitrogens with zero attached hydrogens (tertiary/aromatic N) is 18. The van der Waals surface area contributed by atoms with E-state index in [2.05, 4.69) is 354 Å². The zero-order chi connectivity index (χ0) is 88.5. The summed E-state index contributed by atoms with van der Waals surface area (Å²) in [5, 5.41) is 6.46. The van der Waals surface area contributed by atoms with Crippen LogP contribution >= 0.6 is 0 Å². The van der Waals surface area contributed by atoms with Crippen molar-refractivity contribution in [3.63, 3.8) is 0 Å². The summed E-state index contributed by atoms with van der Waals surface area (Å²) in [4.78, 5) is 27.9. The summed E-state index contributed by atoms with van der Waals surface area (Å²) in [6, 6.07) is 51.7. The van der Waals surface area contributed by atoms with Crippen molar-refractivity contribution >= 4 is 138 Å². The molecule has 0 saturated carbocycles. The molecule has 0 saturated heterocycles. The lowest BCUT2D eigenvalue weighted by atomic mass is 9.88. The van der Waals surface area contributed by atoms with Crippen LogP contribution in [-0.2, 0) is 63.4 Å². The molecular formula is C104H114N18O3. The van der Waals surface area contributed by atoms with Gasteiger partial charge in [0.05, 0.1) is 110 Å². The highest BCUT2D eigenvalue weighted by Crippen LogP contribution is 2.44. The Balaban J connectivity index is 0.000000108. The normalized spacial score (nSPS) is 11.9. The maximum absolute atomic E-state index is 5.51. The quantitative estimate of drug-likeness (QED) is 0.137. The fraction of sp³-hybridized carbons (Fsp3) is 0.288. The Kier molecular flexibility index (Phi) is 21.7. The number of ether oxygens (including phenoxy) is 3. The summed E-state index contributed by atoms with van der Waals surface area (Å²) in [5.41, 5.74) is 35.6. The molecule has 0 bridgehead atoms. The molecule has 12 heterocycles. The highest BCUT2D eigenvalue weighted by atomic mass is 16.5. The van der Waals surface area contributed by atoms with Crippen molar-refractivity contribution in [2.45, 2.75) is 121 Å². The summed E-state index contributed by atoms with van der Waals surface area (Å²) in [7, 11) is 24.0. The lowest BCUT2D eigenvalue weighted by Gasteiger charge is -2.19. The predicted molar refractivity (Wildman–Crippen MR) is 517 cm³/mol. The Morgan fingerprint density at radius 1 is 0.280 bits per heavy atom. The van der Waals surface area contributed by atoms with Crippen molar-refractivity contribution in [2.75, 3.05) is 21.3 Å². The Bertz CT molecular complexity index is 7910. The van der Waals surface area contributed by atoms with Crippen LogP contribution in [-0.4, -0.2) is 106 Å². The van der Waals surface area contributed by atoms with Gasteiger partial charge in [0.2, 0.25) is 17.3 Å². The van der Waals surface area contributed by atoms with E-state index < -0.39 is 0 Å². The average Bonchev–Trinajstić information content (AvgIpc) is 1.58. The van der Waals surface area contributed by atoms with Crippen LogP contribution in [0.4, 0.5) is 0 Å². The van der Waals surface area contributed by atoms with Crippen LogP contribution in [0.15, 0.2) is 195 Å². The fourth-order valence-corrected chi connectivity index (χ4v) is 20.2. The predicted octanol–water partition coefficient (Wildman–Crippen LogP) is 23.7. The average molecular weight is 1660 g/mol. The minimum absolute atomic E-state index is 0.442. The molecule has 21 nitrogen and oxygen atoms in total. The Labute approximate surface area is 728 Å². The van der Waals surface area contributed by atoms with Crippen molar-refractivity contribution in [1.82, 2.24) is 84.2 Å². The molecule has 0 unspecified atom stereocenters. The summed E-state index contributed by atoms with van der Waals surface area (Å²) >= 11 is 0. The minimum Gasteiger partial charge on any atom is -0.496 e. The van der Waals surface area contributed by atoms with Crippen molar-refractivity contribution in [3.05, 3.63) is 251 Å². The van der Waals surface area contributed by atoms with Crippen molar-refractivity contribution in [1.29, 1.82) is 0 Å². The Morgan fingerprint density at radius 3 is 1.15 bits per heavy atom. The van der Waals surface area contributed by atoms with Crippen LogP contribution in [0.3, 0.4) is 0 Å². The van der Waals surface area contributed by atoms with E-state index in [1.54, 1.807) is 21.3 Å². The highest BCUT2D eigenvalue weighted by molar-refractivity contribution is 6.15. The molecule has 125 heavy (non-hydrogen) atoms. The number of para-hydroxylation sites is 2. The van der Waals surface area contributed by atoms with Crippen LogP contribution in [0.25, 0.3) is 161 Å². The van der Waals surface area contributed by atoms with E-state index in [0.717, 1.165) is 90.5 Å². The molecule has 0 aliphatic rings. The monoisotopic (exact) mass is 1660 g/mol. The first-order valence-electron chi connectivity index (χ1n) is 43.1. The third-order valence-corrected chi connectivity index (χ3v) is 26.1. The molecular weight excluding hydrogens is 1550 g/mol. The molecule has 0 atom stereocenters. The summed E-state index contributed by atoms with van der Waals surface area (Å²) < 4.78 is 42.2. The van der Waals surface area contributed by atoms with Crippen LogP contribution in [0.2, 0.25) is 0 Å². The number of benzene rings is 10. The van der Waals surface area contributed by atoms with Crippen LogP contribution in [0, 0.1) is 41.5 Å². The molecule has 0 N–H and O–H groups in total. The Hall–Kier alpha value is -13.8. The number of rotatable bonds is 9. The lowest BCUT2D eigenvalue weighted by Crippen LogP contribution is -2.04.